The summed E-state index contributed by atoms with van der Waals surface area (Å²) in [7, 11) is 0. The number of hydrogen-bond donors (Lipinski definition) is 1. The van der Waals surface area contributed by atoms with Crippen molar-refractivity contribution in [2.75, 3.05) is 6.61 Å². The number of nitrogens with zero attached hydrogens (tertiary/aromatic N) is 1. The topological polar surface area (TPSA) is 94.6 Å². The molecule has 0 bridgehead atoms. The second kappa shape index (κ2) is 7.47. The number of rotatable bonds is 3. The molecule has 0 spiro atoms. The lowest BCUT2D eigenvalue weighted by Gasteiger charge is -2.27. The van der Waals surface area contributed by atoms with Crippen LogP contribution in [-0.2, 0) is 14.2 Å². The minimum atomic E-state index is -0.920. The molecule has 0 radical (unpaired) electrons. The maximum atomic E-state index is 11.7. The quantitative estimate of drug-likeness (QED) is 0.803. The van der Waals surface area contributed by atoms with Gasteiger partial charge in [-0.05, 0) is 25.5 Å². The minimum absolute atomic E-state index is 0.0593. The molecule has 1 aromatic carbocycles. The Balaban J connectivity index is 2.58. The third-order valence-electron chi connectivity index (χ3n) is 3.29. The predicted octanol–water partition coefficient (Wildman–Crippen LogP) is 4.21. The van der Waals surface area contributed by atoms with Crippen molar-refractivity contribution in [3.05, 3.63) is 56.8 Å². The molecule has 24 heavy (non-hydrogen) atoms. The van der Waals surface area contributed by atoms with E-state index in [0.717, 1.165) is 0 Å². The van der Waals surface area contributed by atoms with Crippen LogP contribution in [0, 0.1) is 11.3 Å². The van der Waals surface area contributed by atoms with E-state index >= 15 is 0 Å². The van der Waals surface area contributed by atoms with Crippen molar-refractivity contribution in [3.63, 3.8) is 0 Å². The number of hydrogen-bond acceptors (Lipinski definition) is 6. The molecule has 1 heterocycles. The van der Waals surface area contributed by atoms with Gasteiger partial charge in [-0.3, -0.25) is 0 Å². The summed E-state index contributed by atoms with van der Waals surface area (Å²) in [6, 6.07) is 6.90. The smallest absolute Gasteiger partial charge is 0.442 e. The Morgan fingerprint density at radius 1 is 1.46 bits per heavy atom. The van der Waals surface area contributed by atoms with Gasteiger partial charge >= 0.3 is 6.16 Å². The highest BCUT2D eigenvalue weighted by atomic mass is 35.5. The van der Waals surface area contributed by atoms with Crippen LogP contribution in [0.2, 0.25) is 10.0 Å². The van der Waals surface area contributed by atoms with Crippen molar-refractivity contribution in [3.8, 4) is 6.07 Å². The van der Waals surface area contributed by atoms with Crippen molar-refractivity contribution in [2.24, 2.45) is 5.73 Å². The van der Waals surface area contributed by atoms with Gasteiger partial charge < -0.3 is 19.9 Å². The molecule has 1 aromatic rings. The van der Waals surface area contributed by atoms with Crippen molar-refractivity contribution >= 4 is 29.4 Å². The van der Waals surface area contributed by atoms with Gasteiger partial charge in [-0.1, -0.05) is 35.3 Å². The third-order valence-corrected chi connectivity index (χ3v) is 4.13. The molecule has 2 N–H and O–H groups in total. The van der Waals surface area contributed by atoms with Crippen LogP contribution < -0.4 is 5.73 Å². The molecule has 1 unspecified atom stereocenters. The number of ether oxygens (including phenoxy) is 3. The highest BCUT2D eigenvalue weighted by Gasteiger charge is 2.36. The zero-order valence-electron chi connectivity index (χ0n) is 12.9. The lowest BCUT2D eigenvalue weighted by Crippen LogP contribution is -2.23. The van der Waals surface area contributed by atoms with E-state index in [2.05, 4.69) is 0 Å². The molecule has 0 aromatic heterocycles. The summed E-state index contributed by atoms with van der Waals surface area (Å²) in [4.78, 5) is 11.7. The molecule has 8 heteroatoms. The molecular formula is C16H14Cl2N2O4. The van der Waals surface area contributed by atoms with Crippen LogP contribution in [-0.4, -0.2) is 12.8 Å². The van der Waals surface area contributed by atoms with E-state index in [4.69, 9.17) is 43.1 Å². The van der Waals surface area contributed by atoms with E-state index in [0.29, 0.717) is 10.6 Å². The predicted molar refractivity (Wildman–Crippen MR) is 87.9 cm³/mol. The van der Waals surface area contributed by atoms with E-state index in [1.165, 1.54) is 0 Å². The first-order valence-corrected chi connectivity index (χ1v) is 7.73. The number of allylic oxidation sites excluding steroid dienone is 2. The molecule has 6 nitrogen and oxygen atoms in total. The molecule has 0 saturated carbocycles. The molecule has 0 fully saturated rings. The molecule has 1 aliphatic rings. The summed E-state index contributed by atoms with van der Waals surface area (Å²) in [5.41, 5.74) is 6.32. The Labute approximate surface area is 149 Å². The van der Waals surface area contributed by atoms with Crippen LogP contribution in [0.15, 0.2) is 41.2 Å². The van der Waals surface area contributed by atoms with E-state index in [-0.39, 0.29) is 34.6 Å². The zero-order chi connectivity index (χ0) is 17.9. The second-order valence-electron chi connectivity index (χ2n) is 4.77. The van der Waals surface area contributed by atoms with Gasteiger partial charge in [0, 0.05) is 0 Å². The summed E-state index contributed by atoms with van der Waals surface area (Å²) in [6.45, 7) is 3.34. The van der Waals surface area contributed by atoms with Crippen molar-refractivity contribution in [1.82, 2.24) is 0 Å². The van der Waals surface area contributed by atoms with E-state index in [1.54, 1.807) is 32.0 Å². The Kier molecular flexibility index (Phi) is 5.60. The number of halogens is 2. The standard InChI is InChI=1S/C16H14Cl2N2O4/c1-3-22-16(21)24-14-8(2)23-15(20)10(7-19)12(14)9-5-4-6-11(17)13(9)18/h4-6,12H,3,20H2,1-2H3. The van der Waals surface area contributed by atoms with Crippen LogP contribution in [0.5, 0.6) is 0 Å². The average Bonchev–Trinajstić information content (AvgIpc) is 2.53. The van der Waals surface area contributed by atoms with Crippen LogP contribution in [0.1, 0.15) is 25.3 Å². The Hall–Kier alpha value is -2.36. The SMILES string of the molecule is CCOC(=O)OC1=C(C)OC(N)=C(C#N)C1c1cccc(Cl)c1Cl. The highest BCUT2D eigenvalue weighted by Crippen LogP contribution is 2.43. The van der Waals surface area contributed by atoms with Gasteiger partial charge in [0.05, 0.1) is 22.6 Å². The summed E-state index contributed by atoms with van der Waals surface area (Å²) in [5, 5.41) is 9.98. The summed E-state index contributed by atoms with van der Waals surface area (Å²) in [5.74, 6) is -0.629. The van der Waals surface area contributed by atoms with E-state index < -0.39 is 12.1 Å². The Bertz CT molecular complexity index is 781. The molecule has 1 atom stereocenters. The largest absolute Gasteiger partial charge is 0.513 e. The third kappa shape index (κ3) is 3.42. The average molecular weight is 369 g/mol. The van der Waals surface area contributed by atoms with Gasteiger partial charge in [0.15, 0.2) is 5.76 Å². The molecule has 0 saturated heterocycles. The Morgan fingerprint density at radius 3 is 2.79 bits per heavy atom. The maximum absolute atomic E-state index is 11.7. The summed E-state index contributed by atoms with van der Waals surface area (Å²) in [6.07, 6.45) is -0.920. The lowest BCUT2D eigenvalue weighted by molar-refractivity contribution is 0.0717. The van der Waals surface area contributed by atoms with Crippen molar-refractivity contribution in [1.29, 1.82) is 5.26 Å². The van der Waals surface area contributed by atoms with Crippen LogP contribution in [0.25, 0.3) is 0 Å². The van der Waals surface area contributed by atoms with E-state index in [1.807, 2.05) is 6.07 Å². The van der Waals surface area contributed by atoms with E-state index in [9.17, 15) is 10.1 Å². The second-order valence-corrected chi connectivity index (χ2v) is 5.56. The Morgan fingerprint density at radius 2 is 2.17 bits per heavy atom. The zero-order valence-corrected chi connectivity index (χ0v) is 14.4. The van der Waals surface area contributed by atoms with Crippen molar-refractivity contribution in [2.45, 2.75) is 19.8 Å². The van der Waals surface area contributed by atoms with Gasteiger partial charge in [-0.15, -0.1) is 0 Å². The molecule has 1 aliphatic heterocycles. The summed E-state index contributed by atoms with van der Waals surface area (Å²) >= 11 is 12.3. The molecule has 2 rings (SSSR count). The van der Waals surface area contributed by atoms with Gasteiger partial charge in [0.1, 0.15) is 17.4 Å². The van der Waals surface area contributed by atoms with Crippen LogP contribution >= 0.6 is 23.2 Å². The normalized spacial score (nSPS) is 17.2. The molecular weight excluding hydrogens is 355 g/mol. The molecule has 0 aliphatic carbocycles. The fraction of sp³-hybridized carbons (Fsp3) is 0.250. The minimum Gasteiger partial charge on any atom is -0.442 e. The van der Waals surface area contributed by atoms with Gasteiger partial charge in [0.2, 0.25) is 5.88 Å². The molecule has 0 amide bonds. The first-order chi connectivity index (χ1) is 11.4. The number of nitrogens with two attached hydrogens (primary N) is 1. The fourth-order valence-corrected chi connectivity index (χ4v) is 2.69. The maximum Gasteiger partial charge on any atom is 0.513 e. The fourth-order valence-electron chi connectivity index (χ4n) is 2.27. The number of carbonyl (C=O) groups is 1. The first kappa shape index (κ1) is 18.0. The van der Waals surface area contributed by atoms with Gasteiger partial charge in [-0.25, -0.2) is 4.79 Å². The van der Waals surface area contributed by atoms with Crippen LogP contribution in [0.3, 0.4) is 0 Å². The highest BCUT2D eigenvalue weighted by molar-refractivity contribution is 6.42. The number of benzene rings is 1. The number of nitriles is 1. The van der Waals surface area contributed by atoms with Crippen molar-refractivity contribution < 1.29 is 19.0 Å². The lowest BCUT2D eigenvalue weighted by atomic mass is 9.88. The summed E-state index contributed by atoms with van der Waals surface area (Å²) < 4.78 is 15.3. The first-order valence-electron chi connectivity index (χ1n) is 6.97. The van der Waals surface area contributed by atoms with Gasteiger partial charge in [0.25, 0.3) is 0 Å². The monoisotopic (exact) mass is 368 g/mol. The van der Waals surface area contributed by atoms with Crippen LogP contribution in [0.4, 0.5) is 4.79 Å². The molecule has 126 valence electrons. The van der Waals surface area contributed by atoms with Gasteiger partial charge in [-0.2, -0.15) is 5.26 Å². The number of carbonyl (C=O) groups excluding carboxylic acids is 1.